The van der Waals surface area contributed by atoms with Crippen LogP contribution in [0.15, 0.2) is 18.2 Å². The molecule has 24 heavy (non-hydrogen) atoms. The Morgan fingerprint density at radius 1 is 1.08 bits per heavy atom. The standard InChI is InChI=1S/C20H27N3O/c1-13-7-10-18-17(11-13)16-9-8-15(12-19(16)23-18)22-20(24)21-14-5-3-2-4-6-14/h7,10-11,14-15,23H,2-6,8-9,12H2,1H3,(H2,21,22,24). The lowest BCUT2D eigenvalue weighted by atomic mass is 9.91. The molecule has 128 valence electrons. The normalized spacial score (nSPS) is 21.5. The van der Waals surface area contributed by atoms with Crippen molar-refractivity contribution in [3.05, 3.63) is 35.0 Å². The molecule has 0 spiro atoms. The smallest absolute Gasteiger partial charge is 0.315 e. The number of benzene rings is 1. The molecular weight excluding hydrogens is 298 g/mol. The minimum Gasteiger partial charge on any atom is -0.358 e. The maximum atomic E-state index is 12.3. The van der Waals surface area contributed by atoms with Crippen molar-refractivity contribution in [2.24, 2.45) is 0 Å². The number of rotatable bonds is 2. The molecule has 1 heterocycles. The number of urea groups is 1. The van der Waals surface area contributed by atoms with Crippen molar-refractivity contribution in [1.29, 1.82) is 0 Å². The SMILES string of the molecule is Cc1ccc2[nH]c3c(c2c1)CCC(NC(=O)NC1CCCCC1)C3. The number of carbonyl (C=O) groups is 1. The van der Waals surface area contributed by atoms with Gasteiger partial charge < -0.3 is 15.6 Å². The molecule has 0 bridgehead atoms. The summed E-state index contributed by atoms with van der Waals surface area (Å²) < 4.78 is 0. The Morgan fingerprint density at radius 3 is 2.71 bits per heavy atom. The third kappa shape index (κ3) is 3.14. The molecule has 1 aromatic carbocycles. The van der Waals surface area contributed by atoms with E-state index < -0.39 is 0 Å². The molecule has 0 saturated heterocycles. The first-order valence-corrected chi connectivity index (χ1v) is 9.36. The largest absolute Gasteiger partial charge is 0.358 e. The Morgan fingerprint density at radius 2 is 1.88 bits per heavy atom. The van der Waals surface area contributed by atoms with E-state index in [-0.39, 0.29) is 12.1 Å². The molecule has 1 unspecified atom stereocenters. The molecule has 1 atom stereocenters. The zero-order valence-corrected chi connectivity index (χ0v) is 14.5. The lowest BCUT2D eigenvalue weighted by Crippen LogP contribution is -2.48. The van der Waals surface area contributed by atoms with Crippen LogP contribution in [0.3, 0.4) is 0 Å². The molecule has 0 radical (unpaired) electrons. The maximum absolute atomic E-state index is 12.3. The van der Waals surface area contributed by atoms with Crippen molar-refractivity contribution < 1.29 is 4.79 Å². The Balaban J connectivity index is 1.40. The first kappa shape index (κ1) is 15.6. The van der Waals surface area contributed by atoms with E-state index in [1.54, 1.807) is 0 Å². The van der Waals surface area contributed by atoms with Crippen LogP contribution in [-0.4, -0.2) is 23.1 Å². The van der Waals surface area contributed by atoms with Crippen LogP contribution in [0.2, 0.25) is 0 Å². The van der Waals surface area contributed by atoms with Crippen molar-refractivity contribution in [3.8, 4) is 0 Å². The predicted molar refractivity (Wildman–Crippen MR) is 97.4 cm³/mol. The van der Waals surface area contributed by atoms with Gasteiger partial charge in [-0.15, -0.1) is 0 Å². The zero-order chi connectivity index (χ0) is 16.5. The van der Waals surface area contributed by atoms with Gasteiger partial charge in [0.2, 0.25) is 0 Å². The van der Waals surface area contributed by atoms with Gasteiger partial charge in [-0.1, -0.05) is 30.9 Å². The highest BCUT2D eigenvalue weighted by molar-refractivity contribution is 5.85. The fourth-order valence-electron chi connectivity index (χ4n) is 4.33. The maximum Gasteiger partial charge on any atom is 0.315 e. The molecule has 1 fully saturated rings. The van der Waals surface area contributed by atoms with Crippen LogP contribution < -0.4 is 10.6 Å². The molecule has 2 aromatic rings. The van der Waals surface area contributed by atoms with Crippen molar-refractivity contribution >= 4 is 16.9 Å². The second-order valence-corrected chi connectivity index (χ2v) is 7.52. The van der Waals surface area contributed by atoms with Gasteiger partial charge in [-0.05, 0) is 50.3 Å². The summed E-state index contributed by atoms with van der Waals surface area (Å²) in [6, 6.07) is 7.21. The number of hydrogen-bond acceptors (Lipinski definition) is 1. The molecule has 2 amide bonds. The highest BCUT2D eigenvalue weighted by Crippen LogP contribution is 2.29. The second kappa shape index (κ2) is 6.50. The van der Waals surface area contributed by atoms with Gasteiger partial charge in [0.1, 0.15) is 0 Å². The minimum absolute atomic E-state index is 0.0160. The van der Waals surface area contributed by atoms with Crippen LogP contribution in [0.5, 0.6) is 0 Å². The quantitative estimate of drug-likeness (QED) is 0.769. The van der Waals surface area contributed by atoms with Crippen molar-refractivity contribution in [2.75, 3.05) is 0 Å². The topological polar surface area (TPSA) is 56.9 Å². The van der Waals surface area contributed by atoms with E-state index >= 15 is 0 Å². The number of fused-ring (bicyclic) bond motifs is 3. The molecule has 1 saturated carbocycles. The molecule has 4 rings (SSSR count). The number of nitrogens with one attached hydrogen (secondary N) is 3. The van der Waals surface area contributed by atoms with Crippen LogP contribution >= 0.6 is 0 Å². The molecular formula is C20H27N3O. The van der Waals surface area contributed by atoms with Gasteiger partial charge in [0.15, 0.2) is 0 Å². The van der Waals surface area contributed by atoms with Gasteiger partial charge in [0.25, 0.3) is 0 Å². The first-order chi connectivity index (χ1) is 11.7. The van der Waals surface area contributed by atoms with Gasteiger partial charge in [-0.3, -0.25) is 0 Å². The monoisotopic (exact) mass is 325 g/mol. The summed E-state index contributed by atoms with van der Waals surface area (Å²) in [5.74, 6) is 0. The van der Waals surface area contributed by atoms with E-state index in [0.29, 0.717) is 6.04 Å². The molecule has 2 aliphatic carbocycles. The van der Waals surface area contributed by atoms with Crippen LogP contribution in [0.25, 0.3) is 10.9 Å². The molecule has 2 aliphatic rings. The Labute approximate surface area is 143 Å². The van der Waals surface area contributed by atoms with Gasteiger partial charge in [0, 0.05) is 35.1 Å². The van der Waals surface area contributed by atoms with Gasteiger partial charge >= 0.3 is 6.03 Å². The minimum atomic E-state index is 0.0160. The molecule has 1 aromatic heterocycles. The lowest BCUT2D eigenvalue weighted by molar-refractivity contribution is 0.227. The van der Waals surface area contributed by atoms with Gasteiger partial charge in [-0.25, -0.2) is 4.79 Å². The van der Waals surface area contributed by atoms with Crippen LogP contribution in [0.1, 0.15) is 55.3 Å². The third-order valence-electron chi connectivity index (χ3n) is 5.62. The van der Waals surface area contributed by atoms with E-state index in [9.17, 15) is 4.79 Å². The second-order valence-electron chi connectivity index (χ2n) is 7.52. The molecule has 3 N–H and O–H groups in total. The summed E-state index contributed by atoms with van der Waals surface area (Å²) in [6.07, 6.45) is 9.01. The van der Waals surface area contributed by atoms with Gasteiger partial charge in [-0.2, -0.15) is 0 Å². The van der Waals surface area contributed by atoms with Crippen molar-refractivity contribution in [1.82, 2.24) is 15.6 Å². The van der Waals surface area contributed by atoms with E-state index in [4.69, 9.17) is 0 Å². The number of aromatic nitrogens is 1. The molecule has 4 heteroatoms. The van der Waals surface area contributed by atoms with Crippen LogP contribution in [-0.2, 0) is 12.8 Å². The molecule has 4 nitrogen and oxygen atoms in total. The number of carbonyl (C=O) groups excluding carboxylic acids is 1. The number of hydrogen-bond donors (Lipinski definition) is 3. The van der Waals surface area contributed by atoms with Crippen LogP contribution in [0, 0.1) is 6.92 Å². The Hall–Kier alpha value is -1.97. The Bertz CT molecular complexity index is 743. The fraction of sp³-hybridized carbons (Fsp3) is 0.550. The number of amides is 2. The number of aromatic amines is 1. The summed E-state index contributed by atoms with van der Waals surface area (Å²) in [5, 5.41) is 7.71. The zero-order valence-electron chi connectivity index (χ0n) is 14.5. The Kier molecular flexibility index (Phi) is 4.21. The summed E-state index contributed by atoms with van der Waals surface area (Å²) in [4.78, 5) is 15.8. The fourth-order valence-corrected chi connectivity index (χ4v) is 4.33. The van der Waals surface area contributed by atoms with Gasteiger partial charge in [0.05, 0.1) is 0 Å². The van der Waals surface area contributed by atoms with E-state index in [2.05, 4.69) is 40.7 Å². The highest BCUT2D eigenvalue weighted by atomic mass is 16.2. The first-order valence-electron chi connectivity index (χ1n) is 9.36. The summed E-state index contributed by atoms with van der Waals surface area (Å²) in [6.45, 7) is 2.14. The summed E-state index contributed by atoms with van der Waals surface area (Å²) in [7, 11) is 0. The van der Waals surface area contributed by atoms with Crippen molar-refractivity contribution in [2.45, 2.75) is 70.4 Å². The van der Waals surface area contributed by atoms with Crippen molar-refractivity contribution in [3.63, 3.8) is 0 Å². The highest BCUT2D eigenvalue weighted by Gasteiger charge is 2.24. The third-order valence-corrected chi connectivity index (χ3v) is 5.62. The molecule has 0 aliphatic heterocycles. The number of aryl methyl sites for hydroxylation is 2. The predicted octanol–water partition coefficient (Wildman–Crippen LogP) is 3.97. The van der Waals surface area contributed by atoms with Crippen LogP contribution in [0.4, 0.5) is 4.79 Å². The summed E-state index contributed by atoms with van der Waals surface area (Å²) in [5.41, 5.74) is 5.26. The number of H-pyrrole nitrogens is 1. The van der Waals surface area contributed by atoms with E-state index in [1.165, 1.54) is 47.0 Å². The summed E-state index contributed by atoms with van der Waals surface area (Å²) >= 11 is 0. The lowest BCUT2D eigenvalue weighted by Gasteiger charge is -2.27. The average Bonchev–Trinajstić information content (AvgIpc) is 2.92. The average molecular weight is 325 g/mol. The van der Waals surface area contributed by atoms with E-state index in [1.807, 2.05) is 0 Å². The van der Waals surface area contributed by atoms with E-state index in [0.717, 1.165) is 32.1 Å².